The summed E-state index contributed by atoms with van der Waals surface area (Å²) in [6.07, 6.45) is 0.857. The lowest BCUT2D eigenvalue weighted by Gasteiger charge is -2.12. The van der Waals surface area contributed by atoms with E-state index in [1.165, 1.54) is 11.8 Å². The first kappa shape index (κ1) is 19.1. The Kier molecular flexibility index (Phi) is 6.46. The van der Waals surface area contributed by atoms with Crippen LogP contribution in [0.25, 0.3) is 10.9 Å². The second kappa shape index (κ2) is 8.80. The summed E-state index contributed by atoms with van der Waals surface area (Å²) in [7, 11) is 0. The fourth-order valence-electron chi connectivity index (χ4n) is 2.53. The van der Waals surface area contributed by atoms with Crippen molar-refractivity contribution in [3.63, 3.8) is 0 Å². The number of ether oxygens (including phenoxy) is 1. The van der Waals surface area contributed by atoms with Crippen molar-refractivity contribution in [3.05, 3.63) is 62.9 Å². The maximum absolute atomic E-state index is 12.8. The Morgan fingerprint density at radius 2 is 1.85 bits per heavy atom. The van der Waals surface area contributed by atoms with Crippen molar-refractivity contribution in [2.45, 2.75) is 25.0 Å². The summed E-state index contributed by atoms with van der Waals surface area (Å²) in [5, 5.41) is 2.52. The number of halogens is 2. The smallest absolute Gasteiger partial charge is 0.262 e. The van der Waals surface area contributed by atoms with Gasteiger partial charge in [-0.25, -0.2) is 4.98 Å². The molecular formula is C19H18Cl2N2O2S. The van der Waals surface area contributed by atoms with Crippen LogP contribution in [0.15, 0.2) is 52.4 Å². The Bertz CT molecular complexity index is 958. The summed E-state index contributed by atoms with van der Waals surface area (Å²) in [6.45, 7) is 3.17. The second-order valence-corrected chi connectivity index (χ2v) is 7.60. The zero-order valence-electron chi connectivity index (χ0n) is 14.2. The third-order valence-corrected chi connectivity index (χ3v) is 5.15. The molecule has 0 aliphatic heterocycles. The Labute approximate surface area is 166 Å². The van der Waals surface area contributed by atoms with Crippen LogP contribution in [0.5, 0.6) is 5.75 Å². The van der Waals surface area contributed by atoms with Gasteiger partial charge in [0.1, 0.15) is 5.75 Å². The van der Waals surface area contributed by atoms with E-state index in [4.69, 9.17) is 27.9 Å². The van der Waals surface area contributed by atoms with Crippen molar-refractivity contribution in [2.75, 3.05) is 12.4 Å². The molecule has 0 N–H and O–H groups in total. The first-order valence-corrected chi connectivity index (χ1v) is 10.0. The van der Waals surface area contributed by atoms with Crippen LogP contribution in [0.4, 0.5) is 0 Å². The van der Waals surface area contributed by atoms with Crippen LogP contribution < -0.4 is 10.3 Å². The summed E-state index contributed by atoms with van der Waals surface area (Å²) in [5.74, 6) is 1.43. The first-order valence-electron chi connectivity index (χ1n) is 8.29. The minimum Gasteiger partial charge on any atom is -0.493 e. The van der Waals surface area contributed by atoms with Crippen LogP contribution >= 0.6 is 35.0 Å². The van der Waals surface area contributed by atoms with Gasteiger partial charge in [-0.15, -0.1) is 0 Å². The lowest BCUT2D eigenvalue weighted by molar-refractivity contribution is 0.344. The van der Waals surface area contributed by atoms with E-state index in [2.05, 4.69) is 4.98 Å². The Hall–Kier alpha value is -1.69. The van der Waals surface area contributed by atoms with Gasteiger partial charge >= 0.3 is 0 Å². The van der Waals surface area contributed by atoms with Gasteiger partial charge in [-0.05, 0) is 48.9 Å². The van der Waals surface area contributed by atoms with Gasteiger partial charge in [0.25, 0.3) is 5.56 Å². The predicted octanol–water partition coefficient (Wildman–Crippen LogP) is 5.28. The number of aromatic nitrogens is 2. The molecule has 26 heavy (non-hydrogen) atoms. The molecule has 3 aromatic rings. The highest BCUT2D eigenvalue weighted by atomic mass is 35.5. The summed E-state index contributed by atoms with van der Waals surface area (Å²) >= 11 is 13.4. The number of hydrogen-bond donors (Lipinski definition) is 0. The highest BCUT2D eigenvalue weighted by molar-refractivity contribution is 7.99. The Balaban J connectivity index is 1.76. The molecule has 3 rings (SSSR count). The van der Waals surface area contributed by atoms with E-state index in [9.17, 15) is 4.79 Å². The van der Waals surface area contributed by atoms with E-state index >= 15 is 0 Å². The number of rotatable bonds is 7. The van der Waals surface area contributed by atoms with Crippen LogP contribution in [-0.4, -0.2) is 21.9 Å². The molecule has 1 heterocycles. The van der Waals surface area contributed by atoms with E-state index in [1.807, 2.05) is 19.1 Å². The Morgan fingerprint density at radius 1 is 1.12 bits per heavy atom. The summed E-state index contributed by atoms with van der Waals surface area (Å²) in [6, 6.07) is 12.4. The molecule has 0 amide bonds. The molecule has 0 atom stereocenters. The highest BCUT2D eigenvalue weighted by Gasteiger charge is 2.11. The largest absolute Gasteiger partial charge is 0.493 e. The number of fused-ring (bicyclic) bond motifs is 1. The summed E-state index contributed by atoms with van der Waals surface area (Å²) < 4.78 is 7.43. The van der Waals surface area contributed by atoms with Gasteiger partial charge in [0.15, 0.2) is 5.16 Å². The third kappa shape index (κ3) is 4.53. The number of thioether (sulfide) groups is 1. The molecule has 0 saturated heterocycles. The van der Waals surface area contributed by atoms with Crippen LogP contribution in [-0.2, 0) is 6.54 Å². The lowest BCUT2D eigenvalue weighted by atomic mass is 10.2. The van der Waals surface area contributed by atoms with Gasteiger partial charge in [0, 0.05) is 22.3 Å². The minimum absolute atomic E-state index is 0.0327. The van der Waals surface area contributed by atoms with Gasteiger partial charge in [0.05, 0.1) is 17.5 Å². The molecule has 0 spiro atoms. The SMILES string of the molecule is CCCn1c(SCCOc2ccc(Cl)cc2)nc2cc(Cl)ccc2c1=O. The van der Waals surface area contributed by atoms with Gasteiger partial charge in [-0.2, -0.15) is 0 Å². The average Bonchev–Trinajstić information content (AvgIpc) is 2.63. The molecule has 4 nitrogen and oxygen atoms in total. The monoisotopic (exact) mass is 408 g/mol. The predicted molar refractivity (Wildman–Crippen MR) is 109 cm³/mol. The molecule has 0 aliphatic carbocycles. The Morgan fingerprint density at radius 3 is 2.58 bits per heavy atom. The van der Waals surface area contributed by atoms with Gasteiger partial charge < -0.3 is 4.74 Å². The summed E-state index contributed by atoms with van der Waals surface area (Å²) in [5.41, 5.74) is 0.589. The van der Waals surface area contributed by atoms with Gasteiger partial charge in [-0.1, -0.05) is 41.9 Å². The summed E-state index contributed by atoms with van der Waals surface area (Å²) in [4.78, 5) is 17.4. The van der Waals surface area contributed by atoms with E-state index in [0.29, 0.717) is 45.0 Å². The second-order valence-electron chi connectivity index (χ2n) is 5.66. The number of nitrogens with zero attached hydrogens (tertiary/aromatic N) is 2. The first-order chi connectivity index (χ1) is 12.6. The van der Waals surface area contributed by atoms with Gasteiger partial charge in [0.2, 0.25) is 0 Å². The molecular weight excluding hydrogens is 391 g/mol. The molecule has 1 aromatic heterocycles. The van der Waals surface area contributed by atoms with Crippen LogP contribution in [0, 0.1) is 0 Å². The molecule has 0 saturated carbocycles. The van der Waals surface area contributed by atoms with Crippen LogP contribution in [0.1, 0.15) is 13.3 Å². The van der Waals surface area contributed by atoms with E-state index in [1.54, 1.807) is 34.9 Å². The molecule has 136 valence electrons. The van der Waals surface area contributed by atoms with E-state index < -0.39 is 0 Å². The maximum atomic E-state index is 12.8. The molecule has 0 aliphatic rings. The highest BCUT2D eigenvalue weighted by Crippen LogP contribution is 2.21. The molecule has 0 radical (unpaired) electrons. The van der Waals surface area contributed by atoms with Crippen LogP contribution in [0.2, 0.25) is 10.0 Å². The van der Waals surface area contributed by atoms with Crippen molar-refractivity contribution in [2.24, 2.45) is 0 Å². The molecule has 0 bridgehead atoms. The van der Waals surface area contributed by atoms with Crippen molar-refractivity contribution < 1.29 is 4.74 Å². The topological polar surface area (TPSA) is 44.1 Å². The quantitative estimate of drug-likeness (QED) is 0.302. The molecule has 0 fully saturated rings. The van der Waals surface area contributed by atoms with E-state index in [0.717, 1.165) is 12.2 Å². The van der Waals surface area contributed by atoms with Gasteiger partial charge in [-0.3, -0.25) is 9.36 Å². The van der Waals surface area contributed by atoms with Crippen LogP contribution in [0.3, 0.4) is 0 Å². The number of benzene rings is 2. The normalized spacial score (nSPS) is 11.0. The maximum Gasteiger partial charge on any atom is 0.262 e. The standard InChI is InChI=1S/C19H18Cl2N2O2S/c1-2-9-23-18(24)16-8-5-14(21)12-17(16)22-19(23)26-11-10-25-15-6-3-13(20)4-7-15/h3-8,12H,2,9-11H2,1H3. The van der Waals surface area contributed by atoms with Crippen molar-refractivity contribution in [1.29, 1.82) is 0 Å². The van der Waals surface area contributed by atoms with Crippen molar-refractivity contribution >= 4 is 45.9 Å². The zero-order chi connectivity index (χ0) is 18.5. The molecule has 2 aromatic carbocycles. The number of hydrogen-bond acceptors (Lipinski definition) is 4. The molecule has 7 heteroatoms. The lowest BCUT2D eigenvalue weighted by Crippen LogP contribution is -2.23. The fourth-order valence-corrected chi connectivity index (χ4v) is 3.66. The van der Waals surface area contributed by atoms with Crippen molar-refractivity contribution in [1.82, 2.24) is 9.55 Å². The molecule has 0 unspecified atom stereocenters. The van der Waals surface area contributed by atoms with E-state index in [-0.39, 0.29) is 5.56 Å². The third-order valence-electron chi connectivity index (χ3n) is 3.73. The van der Waals surface area contributed by atoms with Crippen molar-refractivity contribution in [3.8, 4) is 5.75 Å². The minimum atomic E-state index is -0.0327. The fraction of sp³-hybridized carbons (Fsp3) is 0.263. The average molecular weight is 409 g/mol. The zero-order valence-corrected chi connectivity index (χ0v) is 16.6.